The topological polar surface area (TPSA) is 93.8 Å². The Hall–Kier alpha value is -3.42. The van der Waals surface area contributed by atoms with Gasteiger partial charge >= 0.3 is 0 Å². The number of carbonyl (C=O) groups is 2. The van der Waals surface area contributed by atoms with Crippen LogP contribution in [0.2, 0.25) is 0 Å². The van der Waals surface area contributed by atoms with Crippen LogP contribution < -0.4 is 10.6 Å². The zero-order chi connectivity index (χ0) is 21.1. The van der Waals surface area contributed by atoms with E-state index in [1.807, 2.05) is 59.6 Å². The van der Waals surface area contributed by atoms with E-state index >= 15 is 0 Å². The van der Waals surface area contributed by atoms with E-state index in [9.17, 15) is 9.59 Å². The molecule has 1 aliphatic heterocycles. The van der Waals surface area contributed by atoms with Crippen LogP contribution in [0.5, 0.6) is 0 Å². The van der Waals surface area contributed by atoms with Crippen LogP contribution >= 0.6 is 0 Å². The lowest BCUT2D eigenvalue weighted by molar-refractivity contribution is -0.122. The van der Waals surface area contributed by atoms with Crippen molar-refractivity contribution in [2.45, 2.75) is 52.4 Å². The summed E-state index contributed by atoms with van der Waals surface area (Å²) in [5, 5.41) is 14.7. The molecular formula is C22H26N6O2. The van der Waals surface area contributed by atoms with Crippen molar-refractivity contribution in [3.8, 4) is 0 Å². The number of hydrogen-bond donors (Lipinski definition) is 2. The molecule has 8 heteroatoms. The Morgan fingerprint density at radius 1 is 1.20 bits per heavy atom. The van der Waals surface area contributed by atoms with Gasteiger partial charge in [-0.3, -0.25) is 19.0 Å². The maximum Gasteiger partial charge on any atom is 0.255 e. The zero-order valence-electron chi connectivity index (χ0n) is 17.3. The quantitative estimate of drug-likeness (QED) is 0.625. The van der Waals surface area contributed by atoms with E-state index in [0.29, 0.717) is 38.0 Å². The van der Waals surface area contributed by atoms with Crippen molar-refractivity contribution in [3.05, 3.63) is 70.8 Å². The number of aromatic nitrogens is 4. The van der Waals surface area contributed by atoms with E-state index in [0.717, 1.165) is 22.6 Å². The molecule has 2 aromatic heterocycles. The normalized spacial score (nSPS) is 15.1. The molecule has 2 N–H and O–H groups in total. The number of nitrogens with zero attached hydrogens (tertiary/aromatic N) is 4. The molecule has 0 fully saturated rings. The van der Waals surface area contributed by atoms with Crippen molar-refractivity contribution in [1.29, 1.82) is 0 Å². The Kier molecular flexibility index (Phi) is 5.65. The predicted octanol–water partition coefficient (Wildman–Crippen LogP) is 1.76. The van der Waals surface area contributed by atoms with Gasteiger partial charge in [-0.15, -0.1) is 0 Å². The summed E-state index contributed by atoms with van der Waals surface area (Å²) < 4.78 is 3.66. The smallest absolute Gasteiger partial charge is 0.255 e. The second-order valence-corrected chi connectivity index (χ2v) is 7.72. The van der Waals surface area contributed by atoms with Gasteiger partial charge in [0.15, 0.2) is 0 Å². The molecule has 156 valence electrons. The lowest BCUT2D eigenvalue weighted by Crippen LogP contribution is -2.36. The molecule has 4 rings (SSSR count). The van der Waals surface area contributed by atoms with E-state index in [1.54, 1.807) is 6.20 Å². The molecule has 0 aliphatic carbocycles. The summed E-state index contributed by atoms with van der Waals surface area (Å²) in [6.07, 6.45) is 2.57. The van der Waals surface area contributed by atoms with Gasteiger partial charge in [0.1, 0.15) is 0 Å². The first-order valence-corrected chi connectivity index (χ1v) is 10.2. The van der Waals surface area contributed by atoms with Crippen LogP contribution in [0, 0.1) is 13.8 Å². The van der Waals surface area contributed by atoms with Gasteiger partial charge in [-0.25, -0.2) is 0 Å². The van der Waals surface area contributed by atoms with Gasteiger partial charge in [0, 0.05) is 31.6 Å². The van der Waals surface area contributed by atoms with Crippen LogP contribution in [0.4, 0.5) is 0 Å². The molecular weight excluding hydrogens is 380 g/mol. The van der Waals surface area contributed by atoms with Crippen molar-refractivity contribution in [2.24, 2.45) is 0 Å². The number of carbonyl (C=O) groups excluding carboxylic acids is 2. The third kappa shape index (κ3) is 4.42. The highest BCUT2D eigenvalue weighted by molar-refractivity contribution is 5.95. The molecule has 1 aromatic carbocycles. The monoisotopic (exact) mass is 406 g/mol. The van der Waals surface area contributed by atoms with E-state index in [4.69, 9.17) is 0 Å². The largest absolute Gasteiger partial charge is 0.351 e. The number of rotatable bonds is 7. The highest BCUT2D eigenvalue weighted by Crippen LogP contribution is 2.19. The van der Waals surface area contributed by atoms with Crippen molar-refractivity contribution >= 4 is 11.8 Å². The molecule has 0 unspecified atom stereocenters. The number of amides is 2. The summed E-state index contributed by atoms with van der Waals surface area (Å²) >= 11 is 0. The SMILES string of the molecule is Cc1cc(C)n(CCC(=O)N[C@H]2Cc3c(C(=O)NCc4ccccc4)cnn3C2)n1. The van der Waals surface area contributed by atoms with Crippen molar-refractivity contribution in [1.82, 2.24) is 30.2 Å². The first-order valence-electron chi connectivity index (χ1n) is 10.2. The Bertz CT molecular complexity index is 1050. The van der Waals surface area contributed by atoms with Crippen LogP contribution in [-0.4, -0.2) is 37.4 Å². The molecule has 2 amide bonds. The highest BCUT2D eigenvalue weighted by Gasteiger charge is 2.28. The number of nitrogens with one attached hydrogen (secondary N) is 2. The van der Waals surface area contributed by atoms with Crippen LogP contribution in [0.25, 0.3) is 0 Å². The molecule has 0 saturated heterocycles. The van der Waals surface area contributed by atoms with E-state index in [2.05, 4.69) is 20.8 Å². The fourth-order valence-electron chi connectivity index (χ4n) is 3.86. The van der Waals surface area contributed by atoms with Crippen LogP contribution in [0.1, 0.15) is 39.4 Å². The summed E-state index contributed by atoms with van der Waals surface area (Å²) in [6.45, 7) is 5.52. The first-order chi connectivity index (χ1) is 14.5. The Morgan fingerprint density at radius 3 is 2.73 bits per heavy atom. The zero-order valence-corrected chi connectivity index (χ0v) is 17.3. The number of aryl methyl sites for hydroxylation is 3. The fourth-order valence-corrected chi connectivity index (χ4v) is 3.86. The number of fused-ring (bicyclic) bond motifs is 1. The molecule has 0 spiro atoms. The summed E-state index contributed by atoms with van der Waals surface area (Å²) in [5.74, 6) is -0.162. The molecule has 8 nitrogen and oxygen atoms in total. The minimum Gasteiger partial charge on any atom is -0.351 e. The molecule has 0 saturated carbocycles. The molecule has 0 radical (unpaired) electrons. The summed E-state index contributed by atoms with van der Waals surface area (Å²) in [5.41, 5.74) is 4.48. The first kappa shape index (κ1) is 19.9. The third-order valence-corrected chi connectivity index (χ3v) is 5.34. The predicted molar refractivity (Wildman–Crippen MR) is 112 cm³/mol. The molecule has 0 bridgehead atoms. The third-order valence-electron chi connectivity index (χ3n) is 5.34. The van der Waals surface area contributed by atoms with Crippen LogP contribution in [-0.2, 0) is 30.8 Å². The van der Waals surface area contributed by atoms with Crippen molar-refractivity contribution in [2.75, 3.05) is 0 Å². The lowest BCUT2D eigenvalue weighted by Gasteiger charge is -2.12. The molecule has 30 heavy (non-hydrogen) atoms. The average Bonchev–Trinajstić information content (AvgIpc) is 3.39. The van der Waals surface area contributed by atoms with Gasteiger partial charge in [-0.2, -0.15) is 10.2 Å². The average molecular weight is 406 g/mol. The second kappa shape index (κ2) is 8.52. The summed E-state index contributed by atoms with van der Waals surface area (Å²) in [4.78, 5) is 25.0. The summed E-state index contributed by atoms with van der Waals surface area (Å²) in [7, 11) is 0. The fraction of sp³-hybridized carbons (Fsp3) is 0.364. The van der Waals surface area contributed by atoms with Crippen molar-refractivity contribution in [3.63, 3.8) is 0 Å². The van der Waals surface area contributed by atoms with Gasteiger partial charge in [0.05, 0.1) is 35.7 Å². The maximum atomic E-state index is 12.6. The maximum absolute atomic E-state index is 12.6. The molecule has 3 aromatic rings. The Balaban J connectivity index is 1.29. The molecule has 1 aliphatic rings. The van der Waals surface area contributed by atoms with Crippen LogP contribution in [0.15, 0.2) is 42.6 Å². The van der Waals surface area contributed by atoms with Crippen LogP contribution in [0.3, 0.4) is 0 Å². The minimum atomic E-state index is -0.142. The van der Waals surface area contributed by atoms with Gasteiger partial charge < -0.3 is 10.6 Å². The highest BCUT2D eigenvalue weighted by atomic mass is 16.2. The standard InChI is InChI=1S/C22H26N6O2/c1-15-10-16(2)27(26-15)9-8-21(29)25-18-11-20-19(13-24-28(20)14-18)22(30)23-12-17-6-4-3-5-7-17/h3-7,10,13,18H,8-9,11-12,14H2,1-2H3,(H,23,30)(H,25,29)/t18-/m0/s1. The molecule has 1 atom stereocenters. The van der Waals surface area contributed by atoms with Gasteiger partial charge in [0.25, 0.3) is 5.91 Å². The van der Waals surface area contributed by atoms with E-state index < -0.39 is 0 Å². The van der Waals surface area contributed by atoms with Gasteiger partial charge in [-0.1, -0.05) is 30.3 Å². The number of hydrogen-bond acceptors (Lipinski definition) is 4. The van der Waals surface area contributed by atoms with Crippen molar-refractivity contribution < 1.29 is 9.59 Å². The lowest BCUT2D eigenvalue weighted by atomic mass is 10.1. The van der Waals surface area contributed by atoms with E-state index in [-0.39, 0.29) is 17.9 Å². The second-order valence-electron chi connectivity index (χ2n) is 7.72. The number of benzene rings is 1. The Labute approximate surface area is 175 Å². The summed E-state index contributed by atoms with van der Waals surface area (Å²) in [6, 6.07) is 11.7. The van der Waals surface area contributed by atoms with Gasteiger partial charge in [0.2, 0.25) is 5.91 Å². The van der Waals surface area contributed by atoms with E-state index in [1.165, 1.54) is 0 Å². The Morgan fingerprint density at radius 2 is 2.00 bits per heavy atom. The van der Waals surface area contributed by atoms with Gasteiger partial charge in [-0.05, 0) is 25.5 Å². The minimum absolute atomic E-state index is 0.0200. The molecule has 3 heterocycles.